The largest absolute Gasteiger partial charge is 0.340 e. The molecule has 3 aliphatic rings. The van der Waals surface area contributed by atoms with E-state index in [1.807, 2.05) is 29.8 Å². The zero-order valence-corrected chi connectivity index (χ0v) is 20.5. The zero-order chi connectivity index (χ0) is 23.6. The summed E-state index contributed by atoms with van der Waals surface area (Å²) >= 11 is 0. The highest BCUT2D eigenvalue weighted by Crippen LogP contribution is 2.54. The fraction of sp³-hybridized carbons (Fsp3) is 0.481. The lowest BCUT2D eigenvalue weighted by Gasteiger charge is -2.55. The number of H-pyrrole nitrogens is 1. The molecule has 0 saturated heterocycles. The smallest absolute Gasteiger partial charge is 0.155 e. The average molecular weight is 456 g/mol. The maximum Gasteiger partial charge on any atom is 0.155 e. The number of hydrogen-bond acceptors (Lipinski definition) is 5. The summed E-state index contributed by atoms with van der Waals surface area (Å²) in [7, 11) is 0. The van der Waals surface area contributed by atoms with E-state index in [4.69, 9.17) is 9.97 Å². The number of rotatable bonds is 4. The van der Waals surface area contributed by atoms with Crippen molar-refractivity contribution in [3.63, 3.8) is 0 Å². The Kier molecular flexibility index (Phi) is 4.72. The summed E-state index contributed by atoms with van der Waals surface area (Å²) in [4.78, 5) is 18.2. The third-order valence-corrected chi connectivity index (χ3v) is 7.78. The van der Waals surface area contributed by atoms with Gasteiger partial charge in [0.15, 0.2) is 5.65 Å². The van der Waals surface area contributed by atoms with Gasteiger partial charge in [0.2, 0.25) is 0 Å². The first kappa shape index (κ1) is 21.5. The molecule has 0 radical (unpaired) electrons. The van der Waals surface area contributed by atoms with Gasteiger partial charge in [-0.3, -0.25) is 4.98 Å². The van der Waals surface area contributed by atoms with Gasteiger partial charge < -0.3 is 10.3 Å². The number of nitrogens with one attached hydrogen (secondary N) is 2. The summed E-state index contributed by atoms with van der Waals surface area (Å²) in [5, 5.41) is 8.30. The van der Waals surface area contributed by atoms with E-state index in [-0.39, 0.29) is 16.5 Å². The van der Waals surface area contributed by atoms with Gasteiger partial charge in [-0.2, -0.15) is 5.10 Å². The van der Waals surface area contributed by atoms with Crippen molar-refractivity contribution < 1.29 is 0 Å². The standard InChI is InChI=1S/C27H33N7/c1-18-6-5-7-20(30-18)23-22(19-8-9-21-28-17-29-34(21)16-19)31-24(32-23)26-10-13-27(14-11-26,15-12-26)33-25(2,3)4/h5-9,16-17,33H,10-15H2,1-4H3,(H,31,32). The Morgan fingerprint density at radius 1 is 0.971 bits per heavy atom. The van der Waals surface area contributed by atoms with Crippen LogP contribution in [0.1, 0.15) is 70.8 Å². The van der Waals surface area contributed by atoms with Crippen LogP contribution in [0.25, 0.3) is 28.3 Å². The molecule has 2 N–H and O–H groups in total. The summed E-state index contributed by atoms with van der Waals surface area (Å²) in [5.41, 5.74) is 6.22. The minimum absolute atomic E-state index is 0.107. The van der Waals surface area contributed by atoms with E-state index in [9.17, 15) is 0 Å². The Hall–Kier alpha value is -3.06. The number of fused-ring (bicyclic) bond motifs is 4. The topological polar surface area (TPSA) is 83.8 Å². The van der Waals surface area contributed by atoms with Crippen LogP contribution in [0.3, 0.4) is 0 Å². The van der Waals surface area contributed by atoms with E-state index in [0.717, 1.165) is 59.1 Å². The molecule has 0 spiro atoms. The summed E-state index contributed by atoms with van der Waals surface area (Å²) in [5.74, 6) is 1.11. The predicted octanol–water partition coefficient (Wildman–Crippen LogP) is 5.22. The molecule has 4 aromatic rings. The molecular formula is C27H33N7. The number of imidazole rings is 1. The number of nitrogens with zero attached hydrogens (tertiary/aromatic N) is 5. The molecule has 4 heterocycles. The van der Waals surface area contributed by atoms with Gasteiger partial charge in [0.05, 0.1) is 17.1 Å². The number of hydrogen-bond donors (Lipinski definition) is 2. The molecule has 176 valence electrons. The third kappa shape index (κ3) is 3.63. The second-order valence-corrected chi connectivity index (χ2v) is 11.4. The van der Waals surface area contributed by atoms with E-state index >= 15 is 0 Å². The normalized spacial score (nSPS) is 24.7. The monoisotopic (exact) mass is 455 g/mol. The molecule has 7 nitrogen and oxygen atoms in total. The van der Waals surface area contributed by atoms with Crippen LogP contribution in [0.2, 0.25) is 0 Å². The first-order chi connectivity index (χ1) is 16.2. The molecule has 7 rings (SSSR count). The number of aryl methyl sites for hydroxylation is 1. The molecule has 0 amide bonds. The zero-order valence-electron chi connectivity index (χ0n) is 20.5. The van der Waals surface area contributed by atoms with Crippen LogP contribution in [-0.2, 0) is 5.41 Å². The summed E-state index contributed by atoms with van der Waals surface area (Å²) in [6, 6.07) is 10.2. The van der Waals surface area contributed by atoms with Crippen LogP contribution in [0.4, 0.5) is 0 Å². The Morgan fingerprint density at radius 2 is 1.74 bits per heavy atom. The minimum atomic E-state index is 0.107. The molecule has 4 aromatic heterocycles. The molecule has 0 aromatic carbocycles. The molecule has 34 heavy (non-hydrogen) atoms. The second-order valence-electron chi connectivity index (χ2n) is 11.4. The van der Waals surface area contributed by atoms with Crippen LogP contribution in [0, 0.1) is 6.92 Å². The Morgan fingerprint density at radius 3 is 2.44 bits per heavy atom. The van der Waals surface area contributed by atoms with E-state index in [1.54, 1.807) is 6.33 Å². The summed E-state index contributed by atoms with van der Waals surface area (Å²) in [6.45, 7) is 8.88. The molecule has 0 aliphatic heterocycles. The Balaban J connectivity index is 1.42. The average Bonchev–Trinajstić information content (AvgIpc) is 3.46. The van der Waals surface area contributed by atoms with Gasteiger partial charge >= 0.3 is 0 Å². The van der Waals surface area contributed by atoms with Gasteiger partial charge in [-0.05, 0) is 90.5 Å². The van der Waals surface area contributed by atoms with Crippen LogP contribution < -0.4 is 5.32 Å². The lowest BCUT2D eigenvalue weighted by Crippen LogP contribution is -2.61. The highest BCUT2D eigenvalue weighted by atomic mass is 15.3. The van der Waals surface area contributed by atoms with Crippen molar-refractivity contribution >= 4 is 5.65 Å². The highest BCUT2D eigenvalue weighted by Gasteiger charge is 2.51. The van der Waals surface area contributed by atoms with Crippen molar-refractivity contribution in [2.45, 2.75) is 82.7 Å². The molecule has 3 aliphatic carbocycles. The number of aromatic amines is 1. The molecule has 2 bridgehead atoms. The fourth-order valence-corrected chi connectivity index (χ4v) is 6.18. The second kappa shape index (κ2) is 7.47. The molecule has 3 saturated carbocycles. The van der Waals surface area contributed by atoms with Gasteiger partial charge in [0, 0.05) is 33.9 Å². The quantitative estimate of drug-likeness (QED) is 0.441. The number of pyridine rings is 2. The molecule has 3 fully saturated rings. The van der Waals surface area contributed by atoms with Crippen LogP contribution in [-0.4, -0.2) is 40.6 Å². The summed E-state index contributed by atoms with van der Waals surface area (Å²) < 4.78 is 1.81. The molecule has 7 heteroatoms. The van der Waals surface area contributed by atoms with Gasteiger partial charge in [-0.1, -0.05) is 6.07 Å². The van der Waals surface area contributed by atoms with Crippen molar-refractivity contribution in [2.75, 3.05) is 0 Å². The number of aromatic nitrogens is 6. The van der Waals surface area contributed by atoms with Gasteiger partial charge in [-0.15, -0.1) is 0 Å². The SMILES string of the molecule is Cc1cccc(-c2[nH]c(C34CCC(NC(C)(C)C)(CC3)CC4)nc2-c2ccc3ncnn3c2)n1. The van der Waals surface area contributed by atoms with Crippen LogP contribution in [0.15, 0.2) is 42.9 Å². The minimum Gasteiger partial charge on any atom is -0.340 e. The van der Waals surface area contributed by atoms with E-state index in [2.05, 4.69) is 59.4 Å². The van der Waals surface area contributed by atoms with Crippen molar-refractivity contribution in [1.29, 1.82) is 0 Å². The van der Waals surface area contributed by atoms with Crippen molar-refractivity contribution in [2.24, 2.45) is 0 Å². The molecule has 0 atom stereocenters. The van der Waals surface area contributed by atoms with Crippen molar-refractivity contribution in [1.82, 2.24) is 34.9 Å². The Bertz CT molecular complexity index is 1330. The first-order valence-corrected chi connectivity index (χ1v) is 12.4. The van der Waals surface area contributed by atoms with Crippen LogP contribution >= 0.6 is 0 Å². The van der Waals surface area contributed by atoms with Gasteiger partial charge in [0.25, 0.3) is 0 Å². The van der Waals surface area contributed by atoms with Gasteiger partial charge in [0.1, 0.15) is 12.2 Å². The van der Waals surface area contributed by atoms with Crippen LogP contribution in [0.5, 0.6) is 0 Å². The van der Waals surface area contributed by atoms with Gasteiger partial charge in [-0.25, -0.2) is 14.5 Å². The van der Waals surface area contributed by atoms with Crippen molar-refractivity contribution in [3.05, 3.63) is 54.4 Å². The van der Waals surface area contributed by atoms with E-state index < -0.39 is 0 Å². The van der Waals surface area contributed by atoms with Crippen molar-refractivity contribution in [3.8, 4) is 22.6 Å². The Labute approximate surface area is 200 Å². The lowest BCUT2D eigenvalue weighted by atomic mass is 9.56. The maximum atomic E-state index is 5.29. The third-order valence-electron chi connectivity index (χ3n) is 7.78. The predicted molar refractivity (Wildman–Crippen MR) is 134 cm³/mol. The molecule has 0 unspecified atom stereocenters. The highest BCUT2D eigenvalue weighted by molar-refractivity contribution is 5.77. The first-order valence-electron chi connectivity index (χ1n) is 12.4. The van der Waals surface area contributed by atoms with E-state index in [0.29, 0.717) is 0 Å². The van der Waals surface area contributed by atoms with E-state index in [1.165, 1.54) is 19.3 Å². The molecular weight excluding hydrogens is 422 g/mol. The lowest BCUT2D eigenvalue weighted by molar-refractivity contribution is 0.0532. The fourth-order valence-electron chi connectivity index (χ4n) is 6.18. The summed E-state index contributed by atoms with van der Waals surface area (Å²) in [6.07, 6.45) is 10.7. The maximum absolute atomic E-state index is 5.29.